The van der Waals surface area contributed by atoms with Gasteiger partial charge < -0.3 is 4.74 Å². The molecule has 1 aliphatic rings. The molecule has 5 heteroatoms. The second kappa shape index (κ2) is 7.64. The van der Waals surface area contributed by atoms with E-state index >= 15 is 0 Å². The summed E-state index contributed by atoms with van der Waals surface area (Å²) in [4.78, 5) is 0. The van der Waals surface area contributed by atoms with Crippen molar-refractivity contribution in [2.75, 3.05) is 12.4 Å². The topological polar surface area (TPSA) is 39.9 Å². The number of benzene rings is 2. The van der Waals surface area contributed by atoms with E-state index in [0.717, 1.165) is 47.4 Å². The lowest BCUT2D eigenvalue weighted by Gasteiger charge is -2.12. The molecule has 1 aliphatic heterocycles. The quantitative estimate of drug-likeness (QED) is 0.608. The molecule has 1 saturated heterocycles. The molecule has 1 unspecified atom stereocenters. The molecule has 0 N–H and O–H groups in total. The van der Waals surface area contributed by atoms with Crippen molar-refractivity contribution in [2.45, 2.75) is 37.9 Å². The molecule has 26 heavy (non-hydrogen) atoms. The summed E-state index contributed by atoms with van der Waals surface area (Å²) < 4.78 is 7.92. The average Bonchev–Trinajstić information content (AvgIpc) is 3.31. The summed E-state index contributed by atoms with van der Waals surface area (Å²) in [7, 11) is 0. The highest BCUT2D eigenvalue weighted by Gasteiger charge is 2.20. The van der Waals surface area contributed by atoms with Crippen LogP contribution >= 0.6 is 11.8 Å². The van der Waals surface area contributed by atoms with Gasteiger partial charge in [-0.05, 0) is 38.8 Å². The van der Waals surface area contributed by atoms with E-state index in [1.807, 2.05) is 0 Å². The highest BCUT2D eigenvalue weighted by molar-refractivity contribution is 7.99. The van der Waals surface area contributed by atoms with Crippen molar-refractivity contribution in [2.24, 2.45) is 0 Å². The van der Waals surface area contributed by atoms with Crippen molar-refractivity contribution < 1.29 is 4.74 Å². The molecule has 0 saturated carbocycles. The molecule has 1 fully saturated rings. The largest absolute Gasteiger partial charge is 0.377 e. The van der Waals surface area contributed by atoms with Crippen molar-refractivity contribution in [1.29, 1.82) is 0 Å². The standard InChI is InChI=1S/C21H23N3OS/c1-15-5-9-17(10-6-15)20-22-23-21(26-14-19-4-3-13-25-19)24(20)18-11-7-16(2)8-12-18/h5-12,19H,3-4,13-14H2,1-2H3. The van der Waals surface area contributed by atoms with Crippen LogP contribution in [0.25, 0.3) is 17.1 Å². The molecule has 1 atom stereocenters. The van der Waals surface area contributed by atoms with Gasteiger partial charge in [-0.2, -0.15) is 0 Å². The summed E-state index contributed by atoms with van der Waals surface area (Å²) in [5, 5.41) is 9.92. The van der Waals surface area contributed by atoms with Crippen LogP contribution in [-0.4, -0.2) is 33.2 Å². The summed E-state index contributed by atoms with van der Waals surface area (Å²) in [5.41, 5.74) is 4.65. The number of ether oxygens (including phenoxy) is 1. The average molecular weight is 366 g/mol. The van der Waals surface area contributed by atoms with Crippen LogP contribution in [-0.2, 0) is 4.74 Å². The van der Waals surface area contributed by atoms with Gasteiger partial charge in [0.2, 0.25) is 0 Å². The summed E-state index contributed by atoms with van der Waals surface area (Å²) in [6, 6.07) is 17.0. The van der Waals surface area contributed by atoms with Crippen LogP contribution in [0.2, 0.25) is 0 Å². The molecule has 0 bridgehead atoms. The summed E-state index contributed by atoms with van der Waals surface area (Å²) in [6.07, 6.45) is 2.62. The number of hydrogen-bond donors (Lipinski definition) is 0. The Labute approximate surface area is 158 Å². The minimum atomic E-state index is 0.325. The van der Waals surface area contributed by atoms with E-state index in [9.17, 15) is 0 Å². The van der Waals surface area contributed by atoms with Gasteiger partial charge in [-0.25, -0.2) is 0 Å². The Morgan fingerprint density at radius 1 is 1.00 bits per heavy atom. The number of hydrogen-bond acceptors (Lipinski definition) is 4. The molecule has 4 nitrogen and oxygen atoms in total. The smallest absolute Gasteiger partial charge is 0.196 e. The second-order valence-corrected chi connectivity index (χ2v) is 7.78. The molecular weight excluding hydrogens is 342 g/mol. The fraction of sp³-hybridized carbons (Fsp3) is 0.333. The van der Waals surface area contributed by atoms with Crippen LogP contribution in [0, 0.1) is 13.8 Å². The predicted molar refractivity (Wildman–Crippen MR) is 106 cm³/mol. The van der Waals surface area contributed by atoms with E-state index in [2.05, 4.69) is 77.1 Å². The lowest BCUT2D eigenvalue weighted by Crippen LogP contribution is -2.09. The third-order valence-corrected chi connectivity index (χ3v) is 5.72. The maximum atomic E-state index is 5.76. The monoisotopic (exact) mass is 365 g/mol. The summed E-state index contributed by atoms with van der Waals surface area (Å²) >= 11 is 1.73. The second-order valence-electron chi connectivity index (χ2n) is 6.79. The number of nitrogens with zero attached hydrogens (tertiary/aromatic N) is 3. The highest BCUT2D eigenvalue weighted by atomic mass is 32.2. The Hall–Kier alpha value is -2.11. The van der Waals surface area contributed by atoms with Gasteiger partial charge in [0, 0.05) is 23.6 Å². The SMILES string of the molecule is Cc1ccc(-c2nnc(SCC3CCCO3)n2-c2ccc(C)cc2)cc1. The molecule has 1 aromatic heterocycles. The van der Waals surface area contributed by atoms with Crippen molar-refractivity contribution in [3.63, 3.8) is 0 Å². The van der Waals surface area contributed by atoms with Crippen LogP contribution in [0.3, 0.4) is 0 Å². The maximum Gasteiger partial charge on any atom is 0.196 e. The first kappa shape index (κ1) is 17.3. The van der Waals surface area contributed by atoms with Gasteiger partial charge in [0.25, 0.3) is 0 Å². The van der Waals surface area contributed by atoms with Crippen molar-refractivity contribution in [3.05, 3.63) is 59.7 Å². The molecule has 134 valence electrons. The van der Waals surface area contributed by atoms with E-state index in [4.69, 9.17) is 4.74 Å². The molecule has 2 heterocycles. The van der Waals surface area contributed by atoms with Crippen LogP contribution in [0.4, 0.5) is 0 Å². The summed E-state index contributed by atoms with van der Waals surface area (Å²) in [6.45, 7) is 5.08. The van der Waals surface area contributed by atoms with E-state index in [1.165, 1.54) is 11.1 Å². The molecule has 2 aromatic carbocycles. The molecule has 4 rings (SSSR count). The van der Waals surface area contributed by atoms with Gasteiger partial charge >= 0.3 is 0 Å². The number of rotatable bonds is 5. The van der Waals surface area contributed by atoms with Crippen LogP contribution in [0.15, 0.2) is 53.7 Å². The van der Waals surface area contributed by atoms with Gasteiger partial charge in [0.15, 0.2) is 11.0 Å². The number of thioether (sulfide) groups is 1. The van der Waals surface area contributed by atoms with Crippen LogP contribution in [0.5, 0.6) is 0 Å². The molecule has 0 radical (unpaired) electrons. The van der Waals surface area contributed by atoms with Gasteiger partial charge in [0.05, 0.1) is 6.10 Å². The summed E-state index contributed by atoms with van der Waals surface area (Å²) in [5.74, 6) is 1.79. The molecule has 0 amide bonds. The lowest BCUT2D eigenvalue weighted by molar-refractivity contribution is 0.129. The Bertz CT molecular complexity index is 865. The zero-order valence-electron chi connectivity index (χ0n) is 15.2. The molecule has 0 spiro atoms. The minimum Gasteiger partial charge on any atom is -0.377 e. The van der Waals surface area contributed by atoms with Gasteiger partial charge in [-0.3, -0.25) is 4.57 Å². The first-order chi connectivity index (χ1) is 12.7. The zero-order chi connectivity index (χ0) is 17.9. The van der Waals surface area contributed by atoms with E-state index in [1.54, 1.807) is 11.8 Å². The van der Waals surface area contributed by atoms with Crippen LogP contribution < -0.4 is 0 Å². The van der Waals surface area contributed by atoms with Gasteiger partial charge in [0.1, 0.15) is 0 Å². The lowest BCUT2D eigenvalue weighted by atomic mass is 10.1. The van der Waals surface area contributed by atoms with E-state index in [0.29, 0.717) is 6.10 Å². The zero-order valence-corrected chi connectivity index (χ0v) is 16.0. The highest BCUT2D eigenvalue weighted by Crippen LogP contribution is 2.30. The van der Waals surface area contributed by atoms with Crippen molar-refractivity contribution in [3.8, 4) is 17.1 Å². The number of aryl methyl sites for hydroxylation is 2. The van der Waals surface area contributed by atoms with Gasteiger partial charge in [-0.15, -0.1) is 10.2 Å². The Morgan fingerprint density at radius 2 is 1.69 bits per heavy atom. The predicted octanol–water partition coefficient (Wildman–Crippen LogP) is 4.82. The fourth-order valence-corrected chi connectivity index (χ4v) is 4.14. The third-order valence-electron chi connectivity index (χ3n) is 4.66. The fourth-order valence-electron chi connectivity index (χ4n) is 3.12. The molecule has 0 aliphatic carbocycles. The Morgan fingerprint density at radius 3 is 2.35 bits per heavy atom. The van der Waals surface area contributed by atoms with E-state index < -0.39 is 0 Å². The van der Waals surface area contributed by atoms with Crippen molar-refractivity contribution in [1.82, 2.24) is 14.8 Å². The maximum absolute atomic E-state index is 5.76. The molecule has 3 aromatic rings. The number of aromatic nitrogens is 3. The van der Waals surface area contributed by atoms with Crippen molar-refractivity contribution >= 4 is 11.8 Å². The minimum absolute atomic E-state index is 0.325. The van der Waals surface area contributed by atoms with Gasteiger partial charge in [-0.1, -0.05) is 59.3 Å². The molecular formula is C21H23N3OS. The third kappa shape index (κ3) is 3.69. The normalized spacial score (nSPS) is 16.9. The first-order valence-corrected chi connectivity index (χ1v) is 10.0. The van der Waals surface area contributed by atoms with Crippen LogP contribution in [0.1, 0.15) is 24.0 Å². The first-order valence-electron chi connectivity index (χ1n) is 9.04. The van der Waals surface area contributed by atoms with E-state index in [-0.39, 0.29) is 0 Å². The Balaban J connectivity index is 1.71. The Kier molecular flexibility index (Phi) is 5.09.